The molecule has 1 nitrogen and oxygen atoms in total. The first-order valence-corrected chi connectivity index (χ1v) is 9.94. The Labute approximate surface area is 125 Å². The van der Waals surface area contributed by atoms with E-state index >= 15 is 0 Å². The Bertz CT molecular complexity index is 184. The maximum Gasteiger partial charge on any atom is 0.00671 e. The van der Waals surface area contributed by atoms with Crippen LogP contribution >= 0.6 is 11.8 Å². The van der Waals surface area contributed by atoms with Crippen LogP contribution in [0.1, 0.15) is 77.6 Å². The lowest BCUT2D eigenvalue weighted by Gasteiger charge is -2.21. The second-order valence-corrected chi connectivity index (χ2v) is 7.34. The van der Waals surface area contributed by atoms with E-state index in [1.165, 1.54) is 82.9 Å². The van der Waals surface area contributed by atoms with Crippen LogP contribution in [0.25, 0.3) is 0 Å². The van der Waals surface area contributed by atoms with Crippen molar-refractivity contribution in [3.8, 4) is 0 Å². The second-order valence-electron chi connectivity index (χ2n) is 6.43. The van der Waals surface area contributed by atoms with Crippen molar-refractivity contribution < 1.29 is 0 Å². The first-order chi connectivity index (χ1) is 9.33. The molecule has 1 rings (SSSR count). The Morgan fingerprint density at radius 3 is 1.84 bits per heavy atom. The molecule has 114 valence electrons. The van der Waals surface area contributed by atoms with Crippen molar-refractivity contribution in [2.75, 3.05) is 18.6 Å². The van der Waals surface area contributed by atoms with Gasteiger partial charge in [0.25, 0.3) is 0 Å². The van der Waals surface area contributed by atoms with Gasteiger partial charge in [0.1, 0.15) is 0 Å². The summed E-state index contributed by atoms with van der Waals surface area (Å²) < 4.78 is 0. The highest BCUT2D eigenvalue weighted by atomic mass is 32.2. The van der Waals surface area contributed by atoms with Gasteiger partial charge in [-0.2, -0.15) is 11.8 Å². The Hall–Kier alpha value is 0.310. The van der Waals surface area contributed by atoms with Crippen LogP contribution < -0.4 is 5.32 Å². The molecule has 1 aliphatic carbocycles. The molecule has 2 heteroatoms. The molecule has 0 amide bonds. The monoisotopic (exact) mass is 285 g/mol. The van der Waals surface area contributed by atoms with Crippen LogP contribution in [0.5, 0.6) is 0 Å². The number of nitrogens with one attached hydrogen (secondary N) is 1. The molecular weight excluding hydrogens is 250 g/mol. The Kier molecular flexibility index (Phi) is 11.0. The summed E-state index contributed by atoms with van der Waals surface area (Å²) in [5.41, 5.74) is 0. The molecule has 0 bridgehead atoms. The molecule has 1 N–H and O–H groups in total. The summed E-state index contributed by atoms with van der Waals surface area (Å²) >= 11 is 1.97. The van der Waals surface area contributed by atoms with Gasteiger partial charge in [0.15, 0.2) is 0 Å². The minimum atomic E-state index is 0.795. The highest BCUT2D eigenvalue weighted by Crippen LogP contribution is 2.17. The van der Waals surface area contributed by atoms with E-state index in [1.807, 2.05) is 11.8 Å². The first-order valence-electron chi connectivity index (χ1n) is 8.55. The first kappa shape index (κ1) is 17.4. The molecule has 0 saturated heterocycles. The number of hydrogen-bond donors (Lipinski definition) is 1. The molecule has 1 atom stereocenters. The van der Waals surface area contributed by atoms with Crippen LogP contribution in [0.15, 0.2) is 0 Å². The highest BCUT2D eigenvalue weighted by Gasteiger charge is 2.10. The Morgan fingerprint density at radius 2 is 1.37 bits per heavy atom. The average molecular weight is 286 g/mol. The third kappa shape index (κ3) is 9.79. The van der Waals surface area contributed by atoms with E-state index in [1.54, 1.807) is 0 Å². The van der Waals surface area contributed by atoms with E-state index in [4.69, 9.17) is 0 Å². The second kappa shape index (κ2) is 12.1. The van der Waals surface area contributed by atoms with Gasteiger partial charge in [-0.3, -0.25) is 0 Å². The predicted molar refractivity (Wildman–Crippen MR) is 90.1 cm³/mol. The molecule has 1 unspecified atom stereocenters. The van der Waals surface area contributed by atoms with Gasteiger partial charge in [-0.15, -0.1) is 0 Å². The molecule has 0 aliphatic heterocycles. The van der Waals surface area contributed by atoms with Gasteiger partial charge in [0, 0.05) is 6.04 Å². The van der Waals surface area contributed by atoms with Crippen LogP contribution in [0.2, 0.25) is 0 Å². The summed E-state index contributed by atoms with van der Waals surface area (Å²) in [6, 6.07) is 0.795. The van der Waals surface area contributed by atoms with Crippen LogP contribution in [0.4, 0.5) is 0 Å². The standard InChI is InChI=1S/C17H35NS/c1-16(15-19-2)14-18-17-12-10-8-6-4-3-5-7-9-11-13-17/h16-18H,3-15H2,1-2H3. The molecule has 0 aromatic rings. The number of rotatable bonds is 5. The van der Waals surface area contributed by atoms with E-state index in [0.717, 1.165) is 12.0 Å². The zero-order valence-corrected chi connectivity index (χ0v) is 14.1. The van der Waals surface area contributed by atoms with Crippen LogP contribution in [-0.4, -0.2) is 24.6 Å². The van der Waals surface area contributed by atoms with Gasteiger partial charge >= 0.3 is 0 Å². The van der Waals surface area contributed by atoms with Gasteiger partial charge in [0.2, 0.25) is 0 Å². The Balaban J connectivity index is 2.22. The minimum Gasteiger partial charge on any atom is -0.314 e. The smallest absolute Gasteiger partial charge is 0.00671 e. The topological polar surface area (TPSA) is 12.0 Å². The molecule has 1 saturated carbocycles. The van der Waals surface area contributed by atoms with Gasteiger partial charge in [-0.05, 0) is 37.3 Å². The summed E-state index contributed by atoms with van der Waals surface area (Å²) in [5.74, 6) is 2.11. The van der Waals surface area contributed by atoms with Crippen molar-refractivity contribution in [2.45, 2.75) is 83.6 Å². The zero-order chi connectivity index (χ0) is 13.8. The van der Waals surface area contributed by atoms with Gasteiger partial charge in [-0.1, -0.05) is 64.7 Å². The number of thioether (sulfide) groups is 1. The van der Waals surface area contributed by atoms with E-state index in [-0.39, 0.29) is 0 Å². The third-order valence-corrected chi connectivity index (χ3v) is 5.21. The van der Waals surface area contributed by atoms with Gasteiger partial charge < -0.3 is 5.32 Å². The molecule has 0 aromatic carbocycles. The zero-order valence-electron chi connectivity index (χ0n) is 13.3. The van der Waals surface area contributed by atoms with Gasteiger partial charge in [-0.25, -0.2) is 0 Å². The molecule has 1 aliphatic rings. The van der Waals surface area contributed by atoms with Crippen molar-refractivity contribution in [3.05, 3.63) is 0 Å². The summed E-state index contributed by atoms with van der Waals surface area (Å²) in [4.78, 5) is 0. The lowest BCUT2D eigenvalue weighted by Crippen LogP contribution is -2.33. The van der Waals surface area contributed by atoms with E-state index < -0.39 is 0 Å². The molecule has 19 heavy (non-hydrogen) atoms. The van der Waals surface area contributed by atoms with Crippen molar-refractivity contribution in [2.24, 2.45) is 5.92 Å². The van der Waals surface area contributed by atoms with Crippen molar-refractivity contribution in [1.82, 2.24) is 5.32 Å². The highest BCUT2D eigenvalue weighted by molar-refractivity contribution is 7.98. The quantitative estimate of drug-likeness (QED) is 0.740. The van der Waals surface area contributed by atoms with Crippen LogP contribution in [0, 0.1) is 5.92 Å². The summed E-state index contributed by atoms with van der Waals surface area (Å²) in [6.45, 7) is 3.59. The minimum absolute atomic E-state index is 0.795. The molecule has 0 radical (unpaired) electrons. The number of hydrogen-bond acceptors (Lipinski definition) is 2. The van der Waals surface area contributed by atoms with Gasteiger partial charge in [0.05, 0.1) is 0 Å². The lowest BCUT2D eigenvalue weighted by atomic mass is 9.97. The fourth-order valence-corrected chi connectivity index (χ4v) is 3.77. The van der Waals surface area contributed by atoms with E-state index in [9.17, 15) is 0 Å². The van der Waals surface area contributed by atoms with E-state index in [2.05, 4.69) is 18.5 Å². The average Bonchev–Trinajstić information content (AvgIpc) is 2.38. The molecular formula is C17H35NS. The molecule has 0 aromatic heterocycles. The lowest BCUT2D eigenvalue weighted by molar-refractivity contribution is 0.387. The molecule has 1 fully saturated rings. The predicted octanol–water partition coefficient (Wildman–Crippen LogP) is 5.25. The Morgan fingerprint density at radius 1 is 0.895 bits per heavy atom. The van der Waals surface area contributed by atoms with Crippen molar-refractivity contribution in [1.29, 1.82) is 0 Å². The summed E-state index contributed by atoms with van der Waals surface area (Å²) in [6.07, 6.45) is 18.2. The van der Waals surface area contributed by atoms with E-state index in [0.29, 0.717) is 0 Å². The van der Waals surface area contributed by atoms with Crippen LogP contribution in [-0.2, 0) is 0 Å². The largest absolute Gasteiger partial charge is 0.314 e. The summed E-state index contributed by atoms with van der Waals surface area (Å²) in [7, 11) is 0. The SMILES string of the molecule is CSCC(C)CNC1CCCCCCCCCCC1. The maximum absolute atomic E-state index is 3.84. The molecule has 0 heterocycles. The maximum atomic E-state index is 3.84. The fraction of sp³-hybridized carbons (Fsp3) is 1.00. The third-order valence-electron chi connectivity index (χ3n) is 4.31. The summed E-state index contributed by atoms with van der Waals surface area (Å²) in [5, 5.41) is 3.84. The van der Waals surface area contributed by atoms with Crippen LogP contribution in [0.3, 0.4) is 0 Å². The molecule has 0 spiro atoms. The van der Waals surface area contributed by atoms with Crippen molar-refractivity contribution in [3.63, 3.8) is 0 Å². The fourth-order valence-electron chi connectivity index (χ4n) is 3.08. The van der Waals surface area contributed by atoms with Crippen molar-refractivity contribution >= 4 is 11.8 Å². The normalized spacial score (nSPS) is 22.4.